The van der Waals surface area contributed by atoms with Crippen molar-refractivity contribution >= 4 is 6.09 Å². The molecule has 0 N–H and O–H groups in total. The van der Waals surface area contributed by atoms with E-state index in [0.29, 0.717) is 6.04 Å². The van der Waals surface area contributed by atoms with E-state index < -0.39 is 5.60 Å². The van der Waals surface area contributed by atoms with Crippen molar-refractivity contribution in [1.29, 1.82) is 0 Å². The summed E-state index contributed by atoms with van der Waals surface area (Å²) in [6.07, 6.45) is 12.5. The van der Waals surface area contributed by atoms with Crippen LogP contribution in [0.25, 0.3) is 0 Å². The van der Waals surface area contributed by atoms with E-state index >= 15 is 0 Å². The molecule has 3 rings (SSSR count). The van der Waals surface area contributed by atoms with Crippen LogP contribution in [0.15, 0.2) is 11.6 Å². The van der Waals surface area contributed by atoms with Crippen LogP contribution in [0.4, 0.5) is 4.79 Å². The van der Waals surface area contributed by atoms with E-state index in [1.807, 2.05) is 25.7 Å². The van der Waals surface area contributed by atoms with Gasteiger partial charge in [-0.25, -0.2) is 4.79 Å². The molecule has 3 heteroatoms. The Morgan fingerprint density at radius 3 is 2.48 bits per heavy atom. The molecule has 2 fully saturated rings. The third-order valence-electron chi connectivity index (χ3n) is 5.16. The fraction of sp³-hybridized carbons (Fsp3) is 0.833. The molecule has 2 atom stereocenters. The molecule has 118 valence electrons. The molecule has 3 nitrogen and oxygen atoms in total. The van der Waals surface area contributed by atoms with Gasteiger partial charge in [-0.15, -0.1) is 0 Å². The van der Waals surface area contributed by atoms with Crippen LogP contribution in [0.1, 0.15) is 72.1 Å². The zero-order chi connectivity index (χ0) is 15.0. The summed E-state index contributed by atoms with van der Waals surface area (Å²) in [5.41, 5.74) is 1.24. The zero-order valence-electron chi connectivity index (χ0n) is 13.7. The van der Waals surface area contributed by atoms with Gasteiger partial charge in [-0.1, -0.05) is 30.9 Å². The molecular weight excluding hydrogens is 262 g/mol. The number of ether oxygens (including phenoxy) is 1. The number of carbonyl (C=O) groups is 1. The van der Waals surface area contributed by atoms with E-state index in [0.717, 1.165) is 25.2 Å². The van der Waals surface area contributed by atoms with E-state index in [-0.39, 0.29) is 12.1 Å². The van der Waals surface area contributed by atoms with Crippen molar-refractivity contribution in [1.82, 2.24) is 4.90 Å². The summed E-state index contributed by atoms with van der Waals surface area (Å²) in [4.78, 5) is 14.4. The third-order valence-corrected chi connectivity index (χ3v) is 5.16. The minimum Gasteiger partial charge on any atom is -0.444 e. The van der Waals surface area contributed by atoms with E-state index in [9.17, 15) is 4.79 Å². The van der Waals surface area contributed by atoms with Gasteiger partial charge in [-0.05, 0) is 58.8 Å². The molecule has 0 aromatic carbocycles. The average molecular weight is 291 g/mol. The molecule has 2 bridgehead atoms. The van der Waals surface area contributed by atoms with Crippen molar-refractivity contribution in [2.75, 3.05) is 0 Å². The smallest absolute Gasteiger partial charge is 0.411 e. The SMILES string of the molecule is CC(C)(C)OC(=O)N1C2C=C(C3CCCCC3)CC1CC2. The lowest BCUT2D eigenvalue weighted by atomic mass is 9.80. The second-order valence-electron chi connectivity index (χ2n) is 7.97. The highest BCUT2D eigenvalue weighted by Crippen LogP contribution is 2.41. The van der Waals surface area contributed by atoms with Crippen molar-refractivity contribution in [2.45, 2.75) is 89.8 Å². The summed E-state index contributed by atoms with van der Waals surface area (Å²) in [5.74, 6) is 0.794. The van der Waals surface area contributed by atoms with Crippen molar-refractivity contribution in [2.24, 2.45) is 5.92 Å². The van der Waals surface area contributed by atoms with E-state index in [4.69, 9.17) is 4.74 Å². The van der Waals surface area contributed by atoms with Gasteiger partial charge in [0.2, 0.25) is 0 Å². The van der Waals surface area contributed by atoms with Gasteiger partial charge in [0.25, 0.3) is 0 Å². The van der Waals surface area contributed by atoms with Crippen LogP contribution < -0.4 is 0 Å². The molecule has 0 aromatic heterocycles. The number of hydrogen-bond acceptors (Lipinski definition) is 2. The fourth-order valence-corrected chi connectivity index (χ4v) is 4.24. The molecule has 0 spiro atoms. The van der Waals surface area contributed by atoms with Gasteiger partial charge in [0.1, 0.15) is 5.60 Å². The average Bonchev–Trinajstić information content (AvgIpc) is 2.69. The predicted molar refractivity (Wildman–Crippen MR) is 84.2 cm³/mol. The highest BCUT2D eigenvalue weighted by Gasteiger charge is 2.42. The monoisotopic (exact) mass is 291 g/mol. The number of nitrogens with zero attached hydrogens (tertiary/aromatic N) is 1. The second-order valence-corrected chi connectivity index (χ2v) is 7.97. The van der Waals surface area contributed by atoms with Crippen molar-refractivity contribution in [3.8, 4) is 0 Å². The lowest BCUT2D eigenvalue weighted by Crippen LogP contribution is -2.46. The number of hydrogen-bond donors (Lipinski definition) is 0. The van der Waals surface area contributed by atoms with Crippen molar-refractivity contribution in [3.05, 3.63) is 11.6 Å². The van der Waals surface area contributed by atoms with Gasteiger partial charge < -0.3 is 4.74 Å². The first-order valence-corrected chi connectivity index (χ1v) is 8.66. The molecule has 0 radical (unpaired) electrons. The van der Waals surface area contributed by atoms with Crippen LogP contribution in [-0.4, -0.2) is 28.7 Å². The lowest BCUT2D eigenvalue weighted by Gasteiger charge is -2.37. The molecule has 21 heavy (non-hydrogen) atoms. The largest absolute Gasteiger partial charge is 0.444 e. The highest BCUT2D eigenvalue weighted by atomic mass is 16.6. The molecule has 1 aliphatic carbocycles. The van der Waals surface area contributed by atoms with Gasteiger partial charge in [0, 0.05) is 6.04 Å². The van der Waals surface area contributed by atoms with E-state index in [2.05, 4.69) is 6.08 Å². The van der Waals surface area contributed by atoms with Crippen LogP contribution in [0, 0.1) is 5.92 Å². The number of fused-ring (bicyclic) bond motifs is 2. The third kappa shape index (κ3) is 3.27. The first-order valence-electron chi connectivity index (χ1n) is 8.66. The van der Waals surface area contributed by atoms with Gasteiger partial charge in [0.15, 0.2) is 0 Å². The molecule has 1 saturated heterocycles. The van der Waals surface area contributed by atoms with Gasteiger partial charge in [-0.2, -0.15) is 0 Å². The van der Waals surface area contributed by atoms with E-state index in [1.54, 1.807) is 5.57 Å². The first kappa shape index (κ1) is 14.9. The summed E-state index contributed by atoms with van der Waals surface area (Å²) in [6.45, 7) is 5.83. The Labute approximate surface area is 128 Å². The molecule has 2 unspecified atom stereocenters. The molecule has 1 amide bonds. The normalized spacial score (nSPS) is 30.2. The summed E-state index contributed by atoms with van der Waals surface area (Å²) < 4.78 is 5.60. The van der Waals surface area contributed by atoms with Crippen LogP contribution in [0.5, 0.6) is 0 Å². The molecule has 1 saturated carbocycles. The Hall–Kier alpha value is -0.990. The van der Waals surface area contributed by atoms with Crippen LogP contribution >= 0.6 is 0 Å². The number of carbonyl (C=O) groups excluding carboxylic acids is 1. The molecule has 3 aliphatic rings. The minimum absolute atomic E-state index is 0.117. The number of rotatable bonds is 1. The number of amides is 1. The maximum atomic E-state index is 12.4. The van der Waals surface area contributed by atoms with Crippen LogP contribution in [0.3, 0.4) is 0 Å². The fourth-order valence-electron chi connectivity index (χ4n) is 4.24. The standard InChI is InChI=1S/C18H29NO2/c1-18(2,3)21-17(20)19-15-9-10-16(19)12-14(11-15)13-7-5-4-6-8-13/h11,13,15-16H,4-10,12H2,1-3H3. The van der Waals surface area contributed by atoms with Crippen molar-refractivity contribution < 1.29 is 9.53 Å². The Bertz CT molecular complexity index is 429. The van der Waals surface area contributed by atoms with Crippen LogP contribution in [0.2, 0.25) is 0 Å². The van der Waals surface area contributed by atoms with Crippen molar-refractivity contribution in [3.63, 3.8) is 0 Å². The summed E-state index contributed by atoms with van der Waals surface area (Å²) in [7, 11) is 0. The first-order chi connectivity index (χ1) is 9.94. The summed E-state index contributed by atoms with van der Waals surface area (Å²) >= 11 is 0. The van der Waals surface area contributed by atoms with Gasteiger partial charge in [-0.3, -0.25) is 4.90 Å². The Balaban J connectivity index is 1.70. The van der Waals surface area contributed by atoms with Gasteiger partial charge in [0.05, 0.1) is 6.04 Å². The topological polar surface area (TPSA) is 29.5 Å². The van der Waals surface area contributed by atoms with Gasteiger partial charge >= 0.3 is 6.09 Å². The highest BCUT2D eigenvalue weighted by molar-refractivity contribution is 5.70. The predicted octanol–water partition coefficient (Wildman–Crippen LogP) is 4.66. The summed E-state index contributed by atoms with van der Waals surface area (Å²) in [6, 6.07) is 0.669. The summed E-state index contributed by atoms with van der Waals surface area (Å²) in [5, 5.41) is 0. The second kappa shape index (κ2) is 5.66. The maximum absolute atomic E-state index is 12.4. The Kier molecular flexibility index (Phi) is 4.02. The Morgan fingerprint density at radius 2 is 1.86 bits per heavy atom. The molecular formula is C18H29NO2. The Morgan fingerprint density at radius 1 is 1.14 bits per heavy atom. The molecule has 2 aliphatic heterocycles. The van der Waals surface area contributed by atoms with Crippen LogP contribution in [-0.2, 0) is 4.74 Å². The minimum atomic E-state index is -0.399. The molecule has 0 aromatic rings. The maximum Gasteiger partial charge on any atom is 0.411 e. The zero-order valence-corrected chi connectivity index (χ0v) is 13.7. The molecule has 2 heterocycles. The quantitative estimate of drug-likeness (QED) is 0.657. The lowest BCUT2D eigenvalue weighted by molar-refractivity contribution is 0.0162. The van der Waals surface area contributed by atoms with E-state index in [1.165, 1.54) is 32.1 Å².